The van der Waals surface area contributed by atoms with E-state index in [0.29, 0.717) is 12.2 Å². The molecule has 3 aromatic rings. The molecule has 0 saturated carbocycles. The molecule has 0 atom stereocenters. The van der Waals surface area contributed by atoms with Crippen molar-refractivity contribution in [2.75, 3.05) is 7.11 Å². The van der Waals surface area contributed by atoms with E-state index in [1.54, 1.807) is 25.6 Å². The first kappa shape index (κ1) is 16.3. The highest BCUT2D eigenvalue weighted by Gasteiger charge is 2.18. The van der Waals surface area contributed by atoms with Gasteiger partial charge in [-0.25, -0.2) is 4.98 Å². The molecule has 0 aliphatic heterocycles. The average Bonchev–Trinajstić information content (AvgIpc) is 2.69. The average molecular weight is 345 g/mol. The van der Waals surface area contributed by atoms with E-state index in [4.69, 9.17) is 4.74 Å². The van der Waals surface area contributed by atoms with Crippen LogP contribution in [-0.2, 0) is 6.42 Å². The van der Waals surface area contributed by atoms with Gasteiger partial charge in [0.05, 0.1) is 13.3 Å². The smallest absolute Gasteiger partial charge is 0.276 e. The van der Waals surface area contributed by atoms with Gasteiger partial charge in [-0.05, 0) is 60.7 Å². The van der Waals surface area contributed by atoms with Gasteiger partial charge in [-0.3, -0.25) is 4.79 Å². The summed E-state index contributed by atoms with van der Waals surface area (Å²) in [6, 6.07) is 11.6. The van der Waals surface area contributed by atoms with E-state index >= 15 is 0 Å². The number of fused-ring (bicyclic) bond motifs is 1. The second-order valence-electron chi connectivity index (χ2n) is 6.34. The van der Waals surface area contributed by atoms with Crippen molar-refractivity contribution in [1.29, 1.82) is 0 Å². The first-order valence-corrected chi connectivity index (χ1v) is 8.55. The lowest BCUT2D eigenvalue weighted by atomic mass is 9.90. The molecule has 130 valence electrons. The van der Waals surface area contributed by atoms with Crippen LogP contribution in [0, 0.1) is 6.92 Å². The Bertz CT molecular complexity index is 1050. The molecule has 1 aliphatic rings. The van der Waals surface area contributed by atoms with Gasteiger partial charge < -0.3 is 4.74 Å². The quantitative estimate of drug-likeness (QED) is 0.730. The Balaban J connectivity index is 1.76. The predicted octanol–water partition coefficient (Wildman–Crippen LogP) is 3.43. The number of ether oxygens (including phenoxy) is 1. The van der Waals surface area contributed by atoms with Gasteiger partial charge in [0, 0.05) is 17.3 Å². The molecular formula is C21H19N3O2. The summed E-state index contributed by atoms with van der Waals surface area (Å²) < 4.78 is 6.80. The van der Waals surface area contributed by atoms with Crippen LogP contribution >= 0.6 is 0 Å². The molecule has 0 amide bonds. The van der Waals surface area contributed by atoms with Gasteiger partial charge in [0.1, 0.15) is 5.75 Å². The van der Waals surface area contributed by atoms with Crippen LogP contribution in [0.2, 0.25) is 0 Å². The van der Waals surface area contributed by atoms with E-state index in [9.17, 15) is 4.79 Å². The number of methoxy groups -OCH3 is 1. The van der Waals surface area contributed by atoms with E-state index in [2.05, 4.69) is 34.4 Å². The molecular weight excluding hydrogens is 326 g/mol. The summed E-state index contributed by atoms with van der Waals surface area (Å²) in [6.45, 7) is 2.02. The lowest BCUT2D eigenvalue weighted by Crippen LogP contribution is -2.27. The Morgan fingerprint density at radius 3 is 2.81 bits per heavy atom. The molecule has 0 spiro atoms. The number of hydrogen-bond acceptors (Lipinski definition) is 4. The lowest BCUT2D eigenvalue weighted by Gasteiger charge is -2.18. The van der Waals surface area contributed by atoms with Crippen molar-refractivity contribution in [3.63, 3.8) is 0 Å². The van der Waals surface area contributed by atoms with E-state index in [-0.39, 0.29) is 5.56 Å². The van der Waals surface area contributed by atoms with Gasteiger partial charge in [0.15, 0.2) is 5.82 Å². The fourth-order valence-electron chi connectivity index (χ4n) is 3.29. The third-order valence-corrected chi connectivity index (χ3v) is 4.73. The van der Waals surface area contributed by atoms with Crippen molar-refractivity contribution in [2.24, 2.45) is 0 Å². The van der Waals surface area contributed by atoms with E-state index in [1.807, 2.05) is 19.1 Å². The monoisotopic (exact) mass is 345 g/mol. The summed E-state index contributed by atoms with van der Waals surface area (Å²) >= 11 is 0. The van der Waals surface area contributed by atoms with E-state index in [1.165, 1.54) is 10.3 Å². The van der Waals surface area contributed by atoms with Crippen LogP contribution in [0.1, 0.15) is 28.7 Å². The summed E-state index contributed by atoms with van der Waals surface area (Å²) in [4.78, 5) is 17.0. The molecule has 0 N–H and O–H groups in total. The molecule has 0 bridgehead atoms. The van der Waals surface area contributed by atoms with E-state index in [0.717, 1.165) is 34.4 Å². The van der Waals surface area contributed by atoms with Crippen molar-refractivity contribution < 1.29 is 4.74 Å². The number of hydrogen-bond donors (Lipinski definition) is 0. The van der Waals surface area contributed by atoms with Gasteiger partial charge >= 0.3 is 0 Å². The Morgan fingerprint density at radius 2 is 2.04 bits per heavy atom. The van der Waals surface area contributed by atoms with Crippen molar-refractivity contribution in [3.8, 4) is 11.6 Å². The third kappa shape index (κ3) is 2.81. The van der Waals surface area contributed by atoms with Crippen LogP contribution in [0.4, 0.5) is 0 Å². The standard InChI is InChI=1S/C21H19N3O2/c1-14-6-7-16(12-19(14)26-2)15-8-9-18-17(11-15)13-23-24(21(18)25)20-5-3-4-10-22-20/h3-7,10-13H,8-9H2,1-2H3. The van der Waals surface area contributed by atoms with Crippen molar-refractivity contribution >= 4 is 11.6 Å². The van der Waals surface area contributed by atoms with Crippen LogP contribution in [-0.4, -0.2) is 21.9 Å². The van der Waals surface area contributed by atoms with Gasteiger partial charge in [-0.2, -0.15) is 9.78 Å². The van der Waals surface area contributed by atoms with Crippen LogP contribution < -0.4 is 10.3 Å². The Morgan fingerprint density at radius 1 is 1.15 bits per heavy atom. The SMILES string of the molecule is COc1cc(C2=Cc3cnn(-c4ccccn4)c(=O)c3CC2)ccc1C. The largest absolute Gasteiger partial charge is 0.496 e. The lowest BCUT2D eigenvalue weighted by molar-refractivity contribution is 0.411. The zero-order valence-electron chi connectivity index (χ0n) is 14.8. The van der Waals surface area contributed by atoms with Crippen molar-refractivity contribution in [2.45, 2.75) is 19.8 Å². The number of aryl methyl sites for hydroxylation is 1. The predicted molar refractivity (Wildman–Crippen MR) is 102 cm³/mol. The van der Waals surface area contributed by atoms with Crippen LogP contribution in [0.15, 0.2) is 53.6 Å². The van der Waals surface area contributed by atoms with Gasteiger partial charge in [0.25, 0.3) is 5.56 Å². The van der Waals surface area contributed by atoms with Gasteiger partial charge in [-0.15, -0.1) is 0 Å². The van der Waals surface area contributed by atoms with E-state index < -0.39 is 0 Å². The minimum absolute atomic E-state index is 0.0991. The maximum atomic E-state index is 12.8. The fourth-order valence-corrected chi connectivity index (χ4v) is 3.29. The number of nitrogens with zero attached hydrogens (tertiary/aromatic N) is 3. The summed E-state index contributed by atoms with van der Waals surface area (Å²) in [5, 5.41) is 4.31. The summed E-state index contributed by atoms with van der Waals surface area (Å²) in [5.74, 6) is 1.41. The van der Waals surface area contributed by atoms with Crippen molar-refractivity contribution in [1.82, 2.24) is 14.8 Å². The maximum absolute atomic E-state index is 12.8. The summed E-state index contributed by atoms with van der Waals surface area (Å²) in [6.07, 6.45) is 6.95. The molecule has 2 heterocycles. The topological polar surface area (TPSA) is 57.0 Å². The second kappa shape index (κ2) is 6.59. The normalized spacial score (nSPS) is 13.1. The molecule has 0 fully saturated rings. The van der Waals surface area contributed by atoms with Crippen molar-refractivity contribution in [3.05, 3.63) is 81.4 Å². The molecule has 1 aromatic carbocycles. The molecule has 0 saturated heterocycles. The van der Waals surface area contributed by atoms with Crippen LogP contribution in [0.5, 0.6) is 5.75 Å². The fraction of sp³-hybridized carbons (Fsp3) is 0.190. The molecule has 1 aliphatic carbocycles. The maximum Gasteiger partial charge on any atom is 0.276 e. The van der Waals surface area contributed by atoms with Gasteiger partial charge in [0.2, 0.25) is 0 Å². The first-order valence-electron chi connectivity index (χ1n) is 8.55. The zero-order chi connectivity index (χ0) is 18.1. The highest BCUT2D eigenvalue weighted by Crippen LogP contribution is 2.31. The molecule has 4 rings (SSSR count). The van der Waals surface area contributed by atoms with Gasteiger partial charge in [-0.1, -0.05) is 18.2 Å². The number of rotatable bonds is 3. The molecule has 0 radical (unpaired) electrons. The summed E-state index contributed by atoms with van der Waals surface area (Å²) in [5.41, 5.74) is 4.97. The summed E-state index contributed by atoms with van der Waals surface area (Å²) in [7, 11) is 1.68. The number of allylic oxidation sites excluding steroid dienone is 1. The highest BCUT2D eigenvalue weighted by atomic mass is 16.5. The Labute approximate surface area is 151 Å². The molecule has 5 nitrogen and oxygen atoms in total. The molecule has 2 aromatic heterocycles. The highest BCUT2D eigenvalue weighted by molar-refractivity contribution is 5.84. The second-order valence-corrected chi connectivity index (χ2v) is 6.34. The molecule has 5 heteroatoms. The Hall–Kier alpha value is -3.21. The van der Waals surface area contributed by atoms with Crippen LogP contribution in [0.3, 0.4) is 0 Å². The first-order chi connectivity index (χ1) is 12.7. The molecule has 26 heavy (non-hydrogen) atoms. The van der Waals surface area contributed by atoms with Crippen LogP contribution in [0.25, 0.3) is 17.5 Å². The number of aromatic nitrogens is 3. The Kier molecular flexibility index (Phi) is 4.13. The number of benzene rings is 1. The third-order valence-electron chi connectivity index (χ3n) is 4.73. The number of pyridine rings is 1. The molecule has 0 unspecified atom stereocenters. The zero-order valence-corrected chi connectivity index (χ0v) is 14.8. The minimum Gasteiger partial charge on any atom is -0.496 e. The minimum atomic E-state index is -0.0991.